The van der Waals surface area contributed by atoms with Crippen LogP contribution in [0.25, 0.3) is 10.9 Å². The molecule has 130 valence electrons. The molecule has 0 aliphatic rings. The van der Waals surface area contributed by atoms with Crippen LogP contribution in [0.4, 0.5) is 0 Å². The zero-order chi connectivity index (χ0) is 18.0. The van der Waals surface area contributed by atoms with E-state index >= 15 is 0 Å². The number of nitrogens with zero attached hydrogens (tertiary/aromatic N) is 1. The summed E-state index contributed by atoms with van der Waals surface area (Å²) < 4.78 is 0. The van der Waals surface area contributed by atoms with Crippen LogP contribution in [0.2, 0.25) is 10.0 Å². The molecule has 1 heterocycles. The summed E-state index contributed by atoms with van der Waals surface area (Å²) >= 11 is 12.4. The summed E-state index contributed by atoms with van der Waals surface area (Å²) in [6.45, 7) is 0.475. The topological polar surface area (TPSA) is 48.1 Å². The second-order valence-corrected chi connectivity index (χ2v) is 6.92. The number of fused-ring (bicyclic) bond motifs is 1. The van der Waals surface area contributed by atoms with Crippen molar-refractivity contribution in [3.63, 3.8) is 0 Å². The van der Waals surface area contributed by atoms with E-state index in [1.807, 2.05) is 38.4 Å². The van der Waals surface area contributed by atoms with Crippen LogP contribution in [0, 0.1) is 0 Å². The average Bonchev–Trinajstić information content (AvgIpc) is 2.92. The molecule has 0 saturated carbocycles. The van der Waals surface area contributed by atoms with Gasteiger partial charge in [-0.1, -0.05) is 53.5 Å². The minimum Gasteiger partial charge on any atom is -0.349 e. The van der Waals surface area contributed by atoms with Crippen molar-refractivity contribution in [2.75, 3.05) is 20.6 Å². The fourth-order valence-electron chi connectivity index (χ4n) is 2.84. The molecule has 1 unspecified atom stereocenters. The van der Waals surface area contributed by atoms with E-state index in [9.17, 15) is 4.79 Å². The molecule has 0 bridgehead atoms. The fourth-order valence-corrected chi connectivity index (χ4v) is 3.30. The highest BCUT2D eigenvalue weighted by molar-refractivity contribution is 6.39. The molecule has 6 heteroatoms. The maximum absolute atomic E-state index is 12.6. The fraction of sp³-hybridized carbons (Fsp3) is 0.211. The SMILES string of the molecule is CN(C)C(CNC(=O)c1[nH]c2ccc(Cl)cc2c1Cl)c1ccccc1. The third-order valence-corrected chi connectivity index (χ3v) is 4.82. The molecule has 2 aromatic carbocycles. The first-order valence-corrected chi connectivity index (χ1v) is 8.69. The van der Waals surface area contributed by atoms with E-state index in [1.54, 1.807) is 12.1 Å². The number of benzene rings is 2. The predicted molar refractivity (Wildman–Crippen MR) is 104 cm³/mol. The van der Waals surface area contributed by atoms with E-state index < -0.39 is 0 Å². The van der Waals surface area contributed by atoms with Crippen LogP contribution in [0.15, 0.2) is 48.5 Å². The van der Waals surface area contributed by atoms with Gasteiger partial charge in [0.05, 0.1) is 11.1 Å². The second-order valence-electron chi connectivity index (χ2n) is 6.10. The molecule has 25 heavy (non-hydrogen) atoms. The van der Waals surface area contributed by atoms with Crippen molar-refractivity contribution in [1.82, 2.24) is 15.2 Å². The lowest BCUT2D eigenvalue weighted by atomic mass is 10.1. The maximum atomic E-state index is 12.6. The molecular formula is C19H19Cl2N3O. The summed E-state index contributed by atoms with van der Waals surface area (Å²) in [6, 6.07) is 15.5. The Balaban J connectivity index is 1.79. The van der Waals surface area contributed by atoms with E-state index in [1.165, 1.54) is 0 Å². The lowest BCUT2D eigenvalue weighted by Gasteiger charge is -2.25. The number of aromatic nitrogens is 1. The van der Waals surface area contributed by atoms with Gasteiger partial charge in [-0.05, 0) is 37.9 Å². The highest BCUT2D eigenvalue weighted by Gasteiger charge is 2.19. The molecule has 0 radical (unpaired) electrons. The zero-order valence-electron chi connectivity index (χ0n) is 14.0. The third kappa shape index (κ3) is 3.82. The van der Waals surface area contributed by atoms with Crippen LogP contribution >= 0.6 is 23.2 Å². The molecule has 0 saturated heterocycles. The Hall–Kier alpha value is -2.01. The van der Waals surface area contributed by atoms with Gasteiger partial charge >= 0.3 is 0 Å². The van der Waals surface area contributed by atoms with Gasteiger partial charge in [0.2, 0.25) is 0 Å². The number of carbonyl (C=O) groups excluding carboxylic acids is 1. The summed E-state index contributed by atoms with van der Waals surface area (Å²) in [5, 5.41) is 4.67. The molecule has 1 amide bonds. The molecule has 4 nitrogen and oxygen atoms in total. The van der Waals surface area contributed by atoms with Crippen LogP contribution < -0.4 is 5.32 Å². The normalized spacial score (nSPS) is 12.5. The summed E-state index contributed by atoms with van der Waals surface area (Å²) in [7, 11) is 3.98. The summed E-state index contributed by atoms with van der Waals surface area (Å²) in [6.07, 6.45) is 0. The standard InChI is InChI=1S/C19H19Cl2N3O/c1-24(2)16(12-6-4-3-5-7-12)11-22-19(25)18-17(21)14-10-13(20)8-9-15(14)23-18/h3-10,16,23H,11H2,1-2H3,(H,22,25). The van der Waals surface area contributed by atoms with E-state index in [0.717, 1.165) is 16.5 Å². The minimum atomic E-state index is -0.236. The monoisotopic (exact) mass is 375 g/mol. The summed E-state index contributed by atoms with van der Waals surface area (Å²) in [5.41, 5.74) is 2.28. The smallest absolute Gasteiger partial charge is 0.269 e. The van der Waals surface area contributed by atoms with Crippen LogP contribution in [0.5, 0.6) is 0 Å². The van der Waals surface area contributed by atoms with Gasteiger partial charge in [-0.2, -0.15) is 0 Å². The van der Waals surface area contributed by atoms with Gasteiger partial charge in [-0.25, -0.2) is 0 Å². The first-order chi connectivity index (χ1) is 12.0. The Labute approximate surface area is 156 Å². The molecular weight excluding hydrogens is 357 g/mol. The van der Waals surface area contributed by atoms with Crippen molar-refractivity contribution < 1.29 is 4.79 Å². The van der Waals surface area contributed by atoms with E-state index in [-0.39, 0.29) is 11.9 Å². The van der Waals surface area contributed by atoms with Crippen molar-refractivity contribution in [2.24, 2.45) is 0 Å². The van der Waals surface area contributed by atoms with Gasteiger partial charge in [-0.15, -0.1) is 0 Å². The molecule has 2 N–H and O–H groups in total. The lowest BCUT2D eigenvalue weighted by Crippen LogP contribution is -2.34. The molecule has 3 rings (SSSR count). The van der Waals surface area contributed by atoms with Gasteiger partial charge in [0, 0.05) is 22.5 Å². The highest BCUT2D eigenvalue weighted by atomic mass is 35.5. The maximum Gasteiger partial charge on any atom is 0.269 e. The quantitative estimate of drug-likeness (QED) is 0.689. The number of H-pyrrole nitrogens is 1. The first kappa shape index (κ1) is 17.8. The minimum absolute atomic E-state index is 0.0720. The largest absolute Gasteiger partial charge is 0.349 e. The number of nitrogens with one attached hydrogen (secondary N) is 2. The Morgan fingerprint density at radius 1 is 1.16 bits per heavy atom. The van der Waals surface area contributed by atoms with E-state index in [2.05, 4.69) is 27.3 Å². The number of carbonyl (C=O) groups is 1. The third-order valence-electron chi connectivity index (χ3n) is 4.19. The Morgan fingerprint density at radius 2 is 1.88 bits per heavy atom. The first-order valence-electron chi connectivity index (χ1n) is 7.93. The Morgan fingerprint density at radius 3 is 2.56 bits per heavy atom. The molecule has 0 fully saturated rings. The Bertz CT molecular complexity index is 890. The number of aromatic amines is 1. The zero-order valence-corrected chi connectivity index (χ0v) is 15.5. The van der Waals surface area contributed by atoms with Crippen molar-refractivity contribution in [2.45, 2.75) is 6.04 Å². The van der Waals surface area contributed by atoms with Crippen LogP contribution in [-0.4, -0.2) is 36.4 Å². The molecule has 3 aromatic rings. The number of likely N-dealkylation sites (N-methyl/N-ethyl adjacent to an activating group) is 1. The number of amides is 1. The predicted octanol–water partition coefficient (Wildman–Crippen LogP) is 4.51. The average molecular weight is 376 g/mol. The van der Waals surface area contributed by atoms with E-state index in [4.69, 9.17) is 23.2 Å². The molecule has 1 atom stereocenters. The van der Waals surface area contributed by atoms with Crippen LogP contribution in [0.3, 0.4) is 0 Å². The molecule has 0 spiro atoms. The highest BCUT2D eigenvalue weighted by Crippen LogP contribution is 2.29. The van der Waals surface area contributed by atoms with Crippen molar-refractivity contribution in [3.05, 3.63) is 69.8 Å². The molecule has 1 aromatic heterocycles. The van der Waals surface area contributed by atoms with Gasteiger partial charge < -0.3 is 15.2 Å². The van der Waals surface area contributed by atoms with Crippen molar-refractivity contribution in [1.29, 1.82) is 0 Å². The van der Waals surface area contributed by atoms with Crippen molar-refractivity contribution in [3.8, 4) is 0 Å². The number of rotatable bonds is 5. The molecule has 0 aliphatic carbocycles. The number of hydrogen-bond acceptors (Lipinski definition) is 2. The van der Waals surface area contributed by atoms with Gasteiger partial charge in [0.15, 0.2) is 0 Å². The van der Waals surface area contributed by atoms with Gasteiger partial charge in [-0.3, -0.25) is 4.79 Å². The van der Waals surface area contributed by atoms with Gasteiger partial charge in [0.25, 0.3) is 5.91 Å². The molecule has 0 aliphatic heterocycles. The second kappa shape index (κ2) is 7.48. The Kier molecular flexibility index (Phi) is 5.33. The number of hydrogen-bond donors (Lipinski definition) is 2. The summed E-state index contributed by atoms with van der Waals surface area (Å²) in [4.78, 5) is 17.7. The van der Waals surface area contributed by atoms with Crippen LogP contribution in [0.1, 0.15) is 22.1 Å². The lowest BCUT2D eigenvalue weighted by molar-refractivity contribution is 0.0938. The van der Waals surface area contributed by atoms with Crippen LogP contribution in [-0.2, 0) is 0 Å². The van der Waals surface area contributed by atoms with Gasteiger partial charge in [0.1, 0.15) is 5.69 Å². The van der Waals surface area contributed by atoms with Crippen molar-refractivity contribution >= 4 is 40.0 Å². The summed E-state index contributed by atoms with van der Waals surface area (Å²) in [5.74, 6) is -0.236. The number of halogens is 2. The van der Waals surface area contributed by atoms with E-state index in [0.29, 0.717) is 22.3 Å².